The van der Waals surface area contributed by atoms with Gasteiger partial charge < -0.3 is 10.6 Å². The Balaban J connectivity index is 1.59. The van der Waals surface area contributed by atoms with Gasteiger partial charge in [0.1, 0.15) is 0 Å². The molecule has 0 amide bonds. The Bertz CT molecular complexity index is 264. The standard InChI is InChI=1S/C14H25F3N2/c15-14(16,17)13-5-2-1-4-11(13)10-18-8-3-9-19-12-6-7-12/h11-13,18-19H,1-10H2. The van der Waals surface area contributed by atoms with Crippen molar-refractivity contribution in [2.75, 3.05) is 19.6 Å². The van der Waals surface area contributed by atoms with E-state index in [1.54, 1.807) is 0 Å². The summed E-state index contributed by atoms with van der Waals surface area (Å²) in [6.07, 6.45) is 2.26. The molecule has 0 aromatic heterocycles. The van der Waals surface area contributed by atoms with Gasteiger partial charge in [-0.15, -0.1) is 0 Å². The van der Waals surface area contributed by atoms with Gasteiger partial charge in [-0.25, -0.2) is 0 Å². The van der Waals surface area contributed by atoms with Crippen LogP contribution < -0.4 is 10.6 Å². The van der Waals surface area contributed by atoms with Gasteiger partial charge >= 0.3 is 6.18 Å². The fourth-order valence-corrected chi connectivity index (χ4v) is 2.98. The van der Waals surface area contributed by atoms with Crippen LogP contribution in [0.2, 0.25) is 0 Å². The van der Waals surface area contributed by atoms with Crippen molar-refractivity contribution in [1.82, 2.24) is 10.6 Å². The zero-order chi connectivity index (χ0) is 13.7. The highest BCUT2D eigenvalue weighted by molar-refractivity contribution is 4.82. The van der Waals surface area contributed by atoms with E-state index in [0.717, 1.165) is 38.8 Å². The predicted octanol–water partition coefficient (Wildman–Crippen LogP) is 3.09. The van der Waals surface area contributed by atoms with E-state index in [-0.39, 0.29) is 5.92 Å². The van der Waals surface area contributed by atoms with Crippen LogP contribution in [0, 0.1) is 11.8 Å². The van der Waals surface area contributed by atoms with Gasteiger partial charge in [0.25, 0.3) is 0 Å². The molecule has 112 valence electrons. The Morgan fingerprint density at radius 1 is 0.947 bits per heavy atom. The van der Waals surface area contributed by atoms with Gasteiger partial charge in [-0.2, -0.15) is 13.2 Å². The zero-order valence-electron chi connectivity index (χ0n) is 11.4. The summed E-state index contributed by atoms with van der Waals surface area (Å²) in [5, 5.41) is 6.62. The number of halogens is 3. The van der Waals surface area contributed by atoms with Crippen LogP contribution in [0.1, 0.15) is 44.9 Å². The van der Waals surface area contributed by atoms with E-state index in [4.69, 9.17) is 0 Å². The van der Waals surface area contributed by atoms with Crippen molar-refractivity contribution in [3.05, 3.63) is 0 Å². The lowest BCUT2D eigenvalue weighted by Gasteiger charge is -2.33. The average molecular weight is 278 g/mol. The molecule has 5 heteroatoms. The summed E-state index contributed by atoms with van der Waals surface area (Å²) in [4.78, 5) is 0. The van der Waals surface area contributed by atoms with Crippen molar-refractivity contribution in [1.29, 1.82) is 0 Å². The molecule has 0 aromatic rings. The van der Waals surface area contributed by atoms with Crippen LogP contribution in [0.25, 0.3) is 0 Å². The van der Waals surface area contributed by atoms with Crippen LogP contribution in [0.15, 0.2) is 0 Å². The second kappa shape index (κ2) is 6.93. The maximum atomic E-state index is 12.9. The van der Waals surface area contributed by atoms with E-state index < -0.39 is 12.1 Å². The van der Waals surface area contributed by atoms with Crippen molar-refractivity contribution in [2.45, 2.75) is 57.2 Å². The Morgan fingerprint density at radius 3 is 2.37 bits per heavy atom. The normalized spacial score (nSPS) is 28.6. The predicted molar refractivity (Wildman–Crippen MR) is 70.0 cm³/mol. The molecule has 2 fully saturated rings. The molecule has 0 aromatic carbocycles. The molecule has 2 rings (SSSR count). The molecule has 0 heterocycles. The zero-order valence-corrected chi connectivity index (χ0v) is 11.4. The van der Waals surface area contributed by atoms with Gasteiger partial charge in [0.05, 0.1) is 5.92 Å². The molecule has 0 bridgehead atoms. The van der Waals surface area contributed by atoms with E-state index in [1.807, 2.05) is 0 Å². The first-order valence-corrected chi connectivity index (χ1v) is 7.58. The monoisotopic (exact) mass is 278 g/mol. The van der Waals surface area contributed by atoms with E-state index in [9.17, 15) is 13.2 Å². The van der Waals surface area contributed by atoms with Gasteiger partial charge in [0, 0.05) is 6.04 Å². The SMILES string of the molecule is FC(F)(F)C1CCCCC1CNCCCNC1CC1. The third-order valence-corrected chi connectivity index (χ3v) is 4.28. The maximum absolute atomic E-state index is 12.9. The lowest BCUT2D eigenvalue weighted by molar-refractivity contribution is -0.195. The minimum absolute atomic E-state index is 0.217. The van der Waals surface area contributed by atoms with Crippen molar-refractivity contribution >= 4 is 0 Å². The van der Waals surface area contributed by atoms with Gasteiger partial charge in [-0.3, -0.25) is 0 Å². The summed E-state index contributed by atoms with van der Waals surface area (Å²) in [5.41, 5.74) is 0. The Labute approximate surface area is 113 Å². The molecule has 0 aliphatic heterocycles. The minimum atomic E-state index is -4.01. The van der Waals surface area contributed by atoms with Crippen molar-refractivity contribution in [2.24, 2.45) is 11.8 Å². The molecule has 2 aliphatic carbocycles. The third kappa shape index (κ3) is 5.30. The smallest absolute Gasteiger partial charge is 0.316 e. The summed E-state index contributed by atoms with van der Waals surface area (Å²) in [5.74, 6) is -1.30. The van der Waals surface area contributed by atoms with E-state index >= 15 is 0 Å². The molecule has 2 saturated carbocycles. The fraction of sp³-hybridized carbons (Fsp3) is 1.00. The summed E-state index contributed by atoms with van der Waals surface area (Å²) in [6.45, 7) is 2.32. The number of hydrogen-bond donors (Lipinski definition) is 2. The molecule has 2 atom stereocenters. The first kappa shape index (κ1) is 15.1. The first-order chi connectivity index (χ1) is 9.07. The molecule has 0 saturated heterocycles. The van der Waals surface area contributed by atoms with Gasteiger partial charge in [-0.1, -0.05) is 12.8 Å². The fourth-order valence-electron chi connectivity index (χ4n) is 2.98. The van der Waals surface area contributed by atoms with Crippen LogP contribution in [-0.4, -0.2) is 31.9 Å². The van der Waals surface area contributed by atoms with Crippen LogP contribution in [0.5, 0.6) is 0 Å². The highest BCUT2D eigenvalue weighted by Crippen LogP contribution is 2.41. The van der Waals surface area contributed by atoms with Crippen LogP contribution >= 0.6 is 0 Å². The molecule has 2 unspecified atom stereocenters. The van der Waals surface area contributed by atoms with Crippen molar-refractivity contribution in [3.8, 4) is 0 Å². The molecular weight excluding hydrogens is 253 g/mol. The van der Waals surface area contributed by atoms with Gasteiger partial charge in [0.2, 0.25) is 0 Å². The van der Waals surface area contributed by atoms with Crippen LogP contribution in [0.4, 0.5) is 13.2 Å². The van der Waals surface area contributed by atoms with Gasteiger partial charge in [-0.05, 0) is 57.7 Å². The van der Waals surface area contributed by atoms with E-state index in [2.05, 4.69) is 10.6 Å². The van der Waals surface area contributed by atoms with Crippen molar-refractivity contribution < 1.29 is 13.2 Å². The number of nitrogens with one attached hydrogen (secondary N) is 2. The van der Waals surface area contributed by atoms with Crippen molar-refractivity contribution in [3.63, 3.8) is 0 Å². The largest absolute Gasteiger partial charge is 0.392 e. The Hall–Kier alpha value is -0.290. The molecule has 2 aliphatic rings. The molecule has 2 N–H and O–H groups in total. The van der Waals surface area contributed by atoms with Gasteiger partial charge in [0.15, 0.2) is 0 Å². The third-order valence-electron chi connectivity index (χ3n) is 4.28. The van der Waals surface area contributed by atoms with Crippen LogP contribution in [-0.2, 0) is 0 Å². The molecule has 19 heavy (non-hydrogen) atoms. The number of hydrogen-bond acceptors (Lipinski definition) is 2. The van der Waals surface area contributed by atoms with E-state index in [0.29, 0.717) is 19.0 Å². The summed E-state index contributed by atoms with van der Waals surface area (Å²) < 4.78 is 38.6. The average Bonchev–Trinajstić information content (AvgIpc) is 3.17. The lowest BCUT2D eigenvalue weighted by Crippen LogP contribution is -2.39. The minimum Gasteiger partial charge on any atom is -0.316 e. The Morgan fingerprint density at radius 2 is 1.68 bits per heavy atom. The lowest BCUT2D eigenvalue weighted by atomic mass is 9.78. The Kier molecular flexibility index (Phi) is 5.51. The summed E-state index contributed by atoms with van der Waals surface area (Å²) in [7, 11) is 0. The molecule has 0 spiro atoms. The highest BCUT2D eigenvalue weighted by atomic mass is 19.4. The van der Waals surface area contributed by atoms with Crippen LogP contribution in [0.3, 0.4) is 0 Å². The molecule has 0 radical (unpaired) electrons. The van der Waals surface area contributed by atoms with E-state index in [1.165, 1.54) is 12.8 Å². The molecule has 2 nitrogen and oxygen atoms in total. The second-order valence-corrected chi connectivity index (χ2v) is 5.98. The summed E-state index contributed by atoms with van der Waals surface area (Å²) >= 11 is 0. The second-order valence-electron chi connectivity index (χ2n) is 5.98. The first-order valence-electron chi connectivity index (χ1n) is 7.58. The summed E-state index contributed by atoms with van der Waals surface area (Å²) in [6, 6.07) is 0.716. The topological polar surface area (TPSA) is 24.1 Å². The quantitative estimate of drug-likeness (QED) is 0.699. The number of alkyl halides is 3. The molecular formula is C14H25F3N2. The maximum Gasteiger partial charge on any atom is 0.392 e. The highest BCUT2D eigenvalue weighted by Gasteiger charge is 2.44. The number of rotatable bonds is 7.